The first-order chi connectivity index (χ1) is 16.7. The second-order valence-electron chi connectivity index (χ2n) is 9.55. The summed E-state index contributed by atoms with van der Waals surface area (Å²) in [6.45, 7) is 3.42. The number of hydrogen-bond acceptors (Lipinski definition) is 9. The van der Waals surface area contributed by atoms with Crippen molar-refractivity contribution in [3.05, 3.63) is 12.3 Å². The van der Waals surface area contributed by atoms with Crippen LogP contribution < -0.4 is 0 Å². The number of fused-ring (bicyclic) bond motifs is 1. The molecule has 0 spiro atoms. The number of hydrogen-bond donors (Lipinski definition) is 0. The monoisotopic (exact) mass is 509 g/mol. The summed E-state index contributed by atoms with van der Waals surface area (Å²) < 4.78 is 41.5. The Hall–Kier alpha value is -2.02. The molecular formula is C24H32NO9P. The summed E-state index contributed by atoms with van der Waals surface area (Å²) in [6.07, 6.45) is 10.5. The first kappa shape index (κ1) is 26.1. The number of phosphoric ester groups is 1. The Morgan fingerprint density at radius 3 is 2.77 bits per heavy atom. The van der Waals surface area contributed by atoms with Crippen molar-refractivity contribution < 1.29 is 42.0 Å². The van der Waals surface area contributed by atoms with Crippen molar-refractivity contribution >= 4 is 25.5 Å². The quantitative estimate of drug-likeness (QED) is 0.210. The summed E-state index contributed by atoms with van der Waals surface area (Å²) in [5.74, 6) is 1.23. The summed E-state index contributed by atoms with van der Waals surface area (Å²) in [6, 6.07) is 0. The average molecular weight is 509 g/mol. The van der Waals surface area contributed by atoms with Gasteiger partial charge in [-0.3, -0.25) is 32.9 Å². The van der Waals surface area contributed by atoms with Crippen LogP contribution in [0.2, 0.25) is 0 Å². The molecule has 3 heterocycles. The summed E-state index contributed by atoms with van der Waals surface area (Å²) in [7, 11) is -4.00. The first-order valence-corrected chi connectivity index (χ1v) is 13.6. The van der Waals surface area contributed by atoms with Gasteiger partial charge in [-0.25, -0.2) is 4.57 Å². The second-order valence-corrected chi connectivity index (χ2v) is 11.2. The van der Waals surface area contributed by atoms with Gasteiger partial charge < -0.3 is 9.47 Å². The number of ether oxygens (including phenoxy) is 2. The van der Waals surface area contributed by atoms with Crippen LogP contribution in [-0.4, -0.2) is 60.3 Å². The van der Waals surface area contributed by atoms with Gasteiger partial charge in [0.1, 0.15) is 23.7 Å². The largest absolute Gasteiger partial charge is 0.475 e. The van der Waals surface area contributed by atoms with Crippen molar-refractivity contribution in [2.45, 2.75) is 83.3 Å². The van der Waals surface area contributed by atoms with E-state index in [2.05, 4.69) is 5.92 Å². The summed E-state index contributed by atoms with van der Waals surface area (Å²) in [4.78, 5) is 37.8. The number of nitrogens with zero attached hydrogens (tertiary/aromatic N) is 1. The highest BCUT2D eigenvalue weighted by molar-refractivity contribution is 7.48. The van der Waals surface area contributed by atoms with Gasteiger partial charge >= 0.3 is 13.8 Å². The standard InChI is InChI=1S/C24H32NO9P/c1-4-16(22(28)32-18-8-6-7-9-18)11-13-30-35(29)31-15-19-21(34-35)24(3,5-2)23(33-19)25-12-10-17(26)14-20(25)27/h2,10,12,16,18-19,21,23H,4,6-9,11,13-15H2,1,3H3/t16?,19-,21-,23-,24-,35-/m1/s1. The Morgan fingerprint density at radius 2 is 2.11 bits per heavy atom. The van der Waals surface area contributed by atoms with E-state index in [-0.39, 0.29) is 43.4 Å². The zero-order valence-corrected chi connectivity index (χ0v) is 20.9. The lowest BCUT2D eigenvalue weighted by molar-refractivity contribution is -0.154. The number of allylic oxidation sites excluding steroid dienone is 1. The molecule has 3 fully saturated rings. The molecule has 11 heteroatoms. The van der Waals surface area contributed by atoms with Crippen LogP contribution in [0.3, 0.4) is 0 Å². The lowest BCUT2D eigenvalue weighted by Crippen LogP contribution is -2.49. The van der Waals surface area contributed by atoms with Crippen LogP contribution in [0.4, 0.5) is 0 Å². The first-order valence-electron chi connectivity index (χ1n) is 12.1. The molecule has 192 valence electrons. The van der Waals surface area contributed by atoms with Gasteiger partial charge in [0, 0.05) is 6.20 Å². The Labute approximate surface area is 205 Å². The van der Waals surface area contributed by atoms with Crippen molar-refractivity contribution in [1.29, 1.82) is 0 Å². The van der Waals surface area contributed by atoms with Crippen LogP contribution in [0.5, 0.6) is 0 Å². The molecule has 2 saturated heterocycles. The molecule has 4 aliphatic rings. The highest BCUT2D eigenvalue weighted by Crippen LogP contribution is 2.59. The number of terminal acetylenes is 1. The van der Waals surface area contributed by atoms with Crippen LogP contribution in [0, 0.1) is 23.7 Å². The highest BCUT2D eigenvalue weighted by Gasteiger charge is 2.61. The minimum absolute atomic E-state index is 0.0192. The molecule has 6 atom stereocenters. The average Bonchev–Trinajstić information content (AvgIpc) is 3.43. The fraction of sp³-hybridized carbons (Fsp3) is 0.708. The van der Waals surface area contributed by atoms with E-state index in [1.54, 1.807) is 6.92 Å². The van der Waals surface area contributed by atoms with E-state index in [9.17, 15) is 18.9 Å². The Bertz CT molecular complexity index is 969. The van der Waals surface area contributed by atoms with Crippen molar-refractivity contribution in [3.63, 3.8) is 0 Å². The Balaban J connectivity index is 1.37. The smallest absolute Gasteiger partial charge is 0.462 e. The third kappa shape index (κ3) is 5.40. The lowest BCUT2D eigenvalue weighted by atomic mass is 9.82. The maximum atomic E-state index is 13.2. The maximum absolute atomic E-state index is 13.2. The van der Waals surface area contributed by atoms with Crippen molar-refractivity contribution in [2.24, 2.45) is 11.3 Å². The van der Waals surface area contributed by atoms with Crippen LogP contribution in [0.1, 0.15) is 58.8 Å². The molecule has 0 aromatic heterocycles. The Morgan fingerprint density at radius 1 is 1.37 bits per heavy atom. The molecule has 0 aromatic carbocycles. The SMILES string of the molecule is C#C[C@]1(C)[C@@H]2O[P@](=O)(OCCC(CC)C(=O)OC3CCCC3)OC[C@H]2O[C@H]1N1C=CC(=O)CC1=O. The summed E-state index contributed by atoms with van der Waals surface area (Å²) >= 11 is 0. The van der Waals surface area contributed by atoms with Gasteiger partial charge in [-0.15, -0.1) is 6.42 Å². The zero-order chi connectivity index (χ0) is 25.2. The van der Waals surface area contributed by atoms with Gasteiger partial charge in [-0.05, 0) is 51.5 Å². The molecule has 0 bridgehead atoms. The van der Waals surface area contributed by atoms with E-state index in [0.717, 1.165) is 25.7 Å². The van der Waals surface area contributed by atoms with E-state index in [1.807, 2.05) is 6.92 Å². The molecule has 35 heavy (non-hydrogen) atoms. The highest BCUT2D eigenvalue weighted by atomic mass is 31.2. The van der Waals surface area contributed by atoms with Gasteiger partial charge in [-0.2, -0.15) is 0 Å². The lowest BCUT2D eigenvalue weighted by Gasteiger charge is -2.37. The molecule has 4 rings (SSSR count). The molecular weight excluding hydrogens is 477 g/mol. The molecule has 1 amide bonds. The molecule has 3 aliphatic heterocycles. The van der Waals surface area contributed by atoms with Gasteiger partial charge in [0.25, 0.3) is 0 Å². The van der Waals surface area contributed by atoms with Gasteiger partial charge in [0.15, 0.2) is 12.0 Å². The van der Waals surface area contributed by atoms with Crippen LogP contribution in [-0.2, 0) is 42.0 Å². The summed E-state index contributed by atoms with van der Waals surface area (Å²) in [5.41, 5.74) is -1.18. The number of carbonyl (C=O) groups excluding carboxylic acids is 3. The minimum Gasteiger partial charge on any atom is -0.462 e. The van der Waals surface area contributed by atoms with Crippen molar-refractivity contribution in [1.82, 2.24) is 4.90 Å². The third-order valence-corrected chi connectivity index (χ3v) is 8.56. The van der Waals surface area contributed by atoms with Crippen molar-refractivity contribution in [3.8, 4) is 12.3 Å². The van der Waals surface area contributed by atoms with Gasteiger partial charge in [0.05, 0.1) is 25.6 Å². The van der Waals surface area contributed by atoms with E-state index >= 15 is 0 Å². The summed E-state index contributed by atoms with van der Waals surface area (Å²) in [5, 5.41) is 0. The Kier molecular flexibility index (Phi) is 7.84. The van der Waals surface area contributed by atoms with E-state index < -0.39 is 37.6 Å². The molecule has 1 unspecified atom stereocenters. The normalized spacial score (nSPS) is 36.1. The molecule has 0 aromatic rings. The number of phosphoric acid groups is 1. The molecule has 1 saturated carbocycles. The number of carbonyl (C=O) groups is 3. The number of rotatable bonds is 8. The number of ketones is 1. The molecule has 0 N–H and O–H groups in total. The van der Waals surface area contributed by atoms with Crippen LogP contribution in [0.25, 0.3) is 0 Å². The van der Waals surface area contributed by atoms with Gasteiger partial charge in [-0.1, -0.05) is 12.8 Å². The second kappa shape index (κ2) is 10.5. The van der Waals surface area contributed by atoms with Crippen LogP contribution >= 0.6 is 7.82 Å². The maximum Gasteiger partial charge on any atom is 0.475 e. The van der Waals surface area contributed by atoms with E-state index in [4.69, 9.17) is 29.5 Å². The number of esters is 1. The zero-order valence-electron chi connectivity index (χ0n) is 20.1. The van der Waals surface area contributed by atoms with Crippen molar-refractivity contribution in [2.75, 3.05) is 13.2 Å². The van der Waals surface area contributed by atoms with Crippen LogP contribution in [0.15, 0.2) is 12.3 Å². The van der Waals surface area contributed by atoms with E-state index in [0.29, 0.717) is 12.8 Å². The fourth-order valence-corrected chi connectivity index (χ4v) is 6.42. The topological polar surface area (TPSA) is 118 Å². The molecule has 0 radical (unpaired) electrons. The predicted octanol–water partition coefficient (Wildman–Crippen LogP) is 3.11. The number of amides is 1. The van der Waals surface area contributed by atoms with E-state index in [1.165, 1.54) is 17.2 Å². The molecule has 1 aliphatic carbocycles. The van der Waals surface area contributed by atoms with Gasteiger partial charge in [0.2, 0.25) is 5.91 Å². The fourth-order valence-electron chi connectivity index (χ4n) is 4.94. The minimum atomic E-state index is -4.00. The molecule has 10 nitrogen and oxygen atoms in total. The third-order valence-electron chi connectivity index (χ3n) is 7.11. The predicted molar refractivity (Wildman–Crippen MR) is 122 cm³/mol.